The number of benzene rings is 1. The van der Waals surface area contributed by atoms with Crippen molar-refractivity contribution in [3.8, 4) is 0 Å². The van der Waals surface area contributed by atoms with E-state index in [1.54, 1.807) is 0 Å². The van der Waals surface area contributed by atoms with E-state index in [-0.39, 0.29) is 5.91 Å². The molecule has 1 saturated heterocycles. The lowest BCUT2D eigenvalue weighted by atomic mass is 10.1. The highest BCUT2D eigenvalue weighted by atomic mass is 16.1. The minimum Gasteiger partial charge on any atom is -0.372 e. The molecule has 0 saturated carbocycles. The van der Waals surface area contributed by atoms with Crippen LogP contribution in [-0.2, 0) is 11.2 Å². The van der Waals surface area contributed by atoms with Gasteiger partial charge in [0.1, 0.15) is 0 Å². The van der Waals surface area contributed by atoms with Crippen molar-refractivity contribution in [2.75, 3.05) is 18.0 Å². The van der Waals surface area contributed by atoms with Crippen LogP contribution in [0.5, 0.6) is 0 Å². The molecule has 1 amide bonds. The second-order valence-corrected chi connectivity index (χ2v) is 4.33. The Labute approximate surface area is 96.2 Å². The van der Waals surface area contributed by atoms with Crippen molar-refractivity contribution in [1.29, 1.82) is 0 Å². The SMILES string of the molecule is NC(=O)CCc1ccc(N2CCCC2)cc1. The molecule has 3 heteroatoms. The smallest absolute Gasteiger partial charge is 0.217 e. The molecule has 3 nitrogen and oxygen atoms in total. The van der Waals surface area contributed by atoms with E-state index in [0.29, 0.717) is 6.42 Å². The number of rotatable bonds is 4. The second kappa shape index (κ2) is 5.01. The van der Waals surface area contributed by atoms with Gasteiger partial charge in [0, 0.05) is 25.2 Å². The van der Waals surface area contributed by atoms with Gasteiger partial charge in [-0.2, -0.15) is 0 Å². The summed E-state index contributed by atoms with van der Waals surface area (Å²) in [6, 6.07) is 8.47. The number of aryl methyl sites for hydroxylation is 1. The number of carbonyl (C=O) groups is 1. The molecule has 1 aliphatic rings. The number of hydrogen-bond donors (Lipinski definition) is 1. The van der Waals surface area contributed by atoms with E-state index < -0.39 is 0 Å². The molecule has 1 fully saturated rings. The van der Waals surface area contributed by atoms with Crippen molar-refractivity contribution < 1.29 is 4.79 Å². The summed E-state index contributed by atoms with van der Waals surface area (Å²) in [7, 11) is 0. The summed E-state index contributed by atoms with van der Waals surface area (Å²) in [4.78, 5) is 13.1. The average molecular weight is 218 g/mol. The average Bonchev–Trinajstić information content (AvgIpc) is 2.80. The maximum absolute atomic E-state index is 10.7. The van der Waals surface area contributed by atoms with E-state index in [9.17, 15) is 4.79 Å². The van der Waals surface area contributed by atoms with Crippen molar-refractivity contribution in [2.24, 2.45) is 5.73 Å². The molecule has 0 atom stereocenters. The van der Waals surface area contributed by atoms with Crippen LogP contribution in [-0.4, -0.2) is 19.0 Å². The van der Waals surface area contributed by atoms with Gasteiger partial charge in [-0.25, -0.2) is 0 Å². The molecule has 1 aliphatic heterocycles. The van der Waals surface area contributed by atoms with Crippen LogP contribution in [0.2, 0.25) is 0 Å². The fourth-order valence-electron chi connectivity index (χ4n) is 2.12. The van der Waals surface area contributed by atoms with Crippen molar-refractivity contribution in [2.45, 2.75) is 25.7 Å². The van der Waals surface area contributed by atoms with E-state index >= 15 is 0 Å². The lowest BCUT2D eigenvalue weighted by molar-refractivity contribution is -0.117. The lowest BCUT2D eigenvalue weighted by Gasteiger charge is -2.17. The summed E-state index contributed by atoms with van der Waals surface area (Å²) in [5.41, 5.74) is 7.60. The predicted molar refractivity (Wildman–Crippen MR) is 65.4 cm³/mol. The topological polar surface area (TPSA) is 46.3 Å². The number of primary amides is 1. The third kappa shape index (κ3) is 2.75. The molecular weight excluding hydrogens is 200 g/mol. The van der Waals surface area contributed by atoms with Gasteiger partial charge in [0.05, 0.1) is 0 Å². The van der Waals surface area contributed by atoms with Crippen LogP contribution in [0.1, 0.15) is 24.8 Å². The summed E-state index contributed by atoms with van der Waals surface area (Å²) in [5.74, 6) is -0.233. The van der Waals surface area contributed by atoms with Gasteiger partial charge in [0.15, 0.2) is 0 Å². The maximum Gasteiger partial charge on any atom is 0.217 e. The first-order chi connectivity index (χ1) is 7.75. The molecule has 0 radical (unpaired) electrons. The lowest BCUT2D eigenvalue weighted by Crippen LogP contribution is -2.17. The number of hydrogen-bond acceptors (Lipinski definition) is 2. The monoisotopic (exact) mass is 218 g/mol. The standard InChI is InChI=1S/C13H18N2O/c14-13(16)8-5-11-3-6-12(7-4-11)15-9-1-2-10-15/h3-4,6-7H,1-2,5,8-10H2,(H2,14,16). The minimum atomic E-state index is -0.233. The molecule has 0 bridgehead atoms. The van der Waals surface area contributed by atoms with Crippen LogP contribution >= 0.6 is 0 Å². The van der Waals surface area contributed by atoms with Crippen LogP contribution in [0.15, 0.2) is 24.3 Å². The van der Waals surface area contributed by atoms with E-state index in [0.717, 1.165) is 6.42 Å². The first-order valence-corrected chi connectivity index (χ1v) is 5.88. The highest BCUT2D eigenvalue weighted by Crippen LogP contribution is 2.20. The zero-order valence-electron chi connectivity index (χ0n) is 9.48. The van der Waals surface area contributed by atoms with Gasteiger partial charge in [-0.1, -0.05) is 12.1 Å². The molecule has 0 aromatic heterocycles. The molecule has 1 heterocycles. The summed E-state index contributed by atoms with van der Waals surface area (Å²) in [6.45, 7) is 2.33. The van der Waals surface area contributed by atoms with Gasteiger partial charge in [-0.05, 0) is 37.0 Å². The number of anilines is 1. The Morgan fingerprint density at radius 2 is 1.81 bits per heavy atom. The van der Waals surface area contributed by atoms with E-state index in [1.807, 2.05) is 0 Å². The summed E-state index contributed by atoms with van der Waals surface area (Å²) >= 11 is 0. The summed E-state index contributed by atoms with van der Waals surface area (Å²) in [5, 5.41) is 0. The van der Waals surface area contributed by atoms with E-state index in [2.05, 4.69) is 29.2 Å². The zero-order valence-corrected chi connectivity index (χ0v) is 9.48. The number of nitrogens with zero attached hydrogens (tertiary/aromatic N) is 1. The Morgan fingerprint density at radius 1 is 1.19 bits per heavy atom. The molecule has 1 aromatic rings. The maximum atomic E-state index is 10.7. The predicted octanol–water partition coefficient (Wildman–Crippen LogP) is 1.70. The quantitative estimate of drug-likeness (QED) is 0.836. The first-order valence-electron chi connectivity index (χ1n) is 5.88. The molecule has 1 aromatic carbocycles. The third-order valence-electron chi connectivity index (χ3n) is 3.07. The van der Waals surface area contributed by atoms with Crippen molar-refractivity contribution in [1.82, 2.24) is 0 Å². The molecule has 0 spiro atoms. The van der Waals surface area contributed by atoms with Crippen LogP contribution in [0, 0.1) is 0 Å². The molecule has 2 rings (SSSR count). The molecule has 0 aliphatic carbocycles. The van der Waals surface area contributed by atoms with Gasteiger partial charge >= 0.3 is 0 Å². The Kier molecular flexibility index (Phi) is 3.44. The normalized spacial score (nSPS) is 15.4. The van der Waals surface area contributed by atoms with E-state index in [1.165, 1.54) is 37.2 Å². The molecule has 16 heavy (non-hydrogen) atoms. The van der Waals surface area contributed by atoms with Crippen LogP contribution in [0.3, 0.4) is 0 Å². The molecule has 86 valence electrons. The van der Waals surface area contributed by atoms with Crippen molar-refractivity contribution in [3.05, 3.63) is 29.8 Å². The number of nitrogens with two attached hydrogens (primary N) is 1. The molecule has 0 unspecified atom stereocenters. The first kappa shape index (κ1) is 11.0. The largest absolute Gasteiger partial charge is 0.372 e. The number of amides is 1. The van der Waals surface area contributed by atoms with Crippen molar-refractivity contribution in [3.63, 3.8) is 0 Å². The van der Waals surface area contributed by atoms with Gasteiger partial charge in [-0.3, -0.25) is 4.79 Å². The number of carbonyl (C=O) groups excluding carboxylic acids is 1. The zero-order chi connectivity index (χ0) is 11.4. The van der Waals surface area contributed by atoms with Crippen LogP contribution in [0.4, 0.5) is 5.69 Å². The summed E-state index contributed by atoms with van der Waals surface area (Å²) < 4.78 is 0. The Hall–Kier alpha value is -1.51. The highest BCUT2D eigenvalue weighted by Gasteiger charge is 2.11. The van der Waals surface area contributed by atoms with Gasteiger partial charge in [-0.15, -0.1) is 0 Å². The second-order valence-electron chi connectivity index (χ2n) is 4.33. The van der Waals surface area contributed by atoms with Gasteiger partial charge in [0.2, 0.25) is 5.91 Å². The third-order valence-corrected chi connectivity index (χ3v) is 3.07. The fraction of sp³-hybridized carbons (Fsp3) is 0.462. The van der Waals surface area contributed by atoms with Crippen LogP contribution < -0.4 is 10.6 Å². The Bertz CT molecular complexity index is 353. The molecule has 2 N–H and O–H groups in total. The Balaban J connectivity index is 1.95. The highest BCUT2D eigenvalue weighted by molar-refractivity contribution is 5.74. The minimum absolute atomic E-state index is 0.233. The Morgan fingerprint density at radius 3 is 2.38 bits per heavy atom. The van der Waals surface area contributed by atoms with Crippen molar-refractivity contribution >= 4 is 11.6 Å². The van der Waals surface area contributed by atoms with E-state index in [4.69, 9.17) is 5.73 Å². The van der Waals surface area contributed by atoms with Gasteiger partial charge < -0.3 is 10.6 Å². The van der Waals surface area contributed by atoms with Crippen LogP contribution in [0.25, 0.3) is 0 Å². The molecular formula is C13H18N2O. The summed E-state index contributed by atoms with van der Waals surface area (Å²) in [6.07, 6.45) is 3.77. The fourth-order valence-corrected chi connectivity index (χ4v) is 2.12. The van der Waals surface area contributed by atoms with Gasteiger partial charge in [0.25, 0.3) is 0 Å².